The van der Waals surface area contributed by atoms with Gasteiger partial charge in [-0.05, 0) is 44.0 Å². The van der Waals surface area contributed by atoms with E-state index < -0.39 is 10.0 Å². The molecule has 1 saturated heterocycles. The second-order valence-corrected chi connectivity index (χ2v) is 7.43. The second kappa shape index (κ2) is 6.89. The van der Waals surface area contributed by atoms with Crippen LogP contribution in [0.5, 0.6) is 5.75 Å². The Balaban J connectivity index is 2.03. The summed E-state index contributed by atoms with van der Waals surface area (Å²) in [5.74, 6) is 0.347. The predicted molar refractivity (Wildman–Crippen MR) is 81.5 cm³/mol. The summed E-state index contributed by atoms with van der Waals surface area (Å²) in [5, 5.41) is 3.35. The molecule has 0 bridgehead atoms. The summed E-state index contributed by atoms with van der Waals surface area (Å²) in [6, 6.07) is 5.36. The lowest BCUT2D eigenvalue weighted by Crippen LogP contribution is -2.30. The number of ether oxygens (including phenoxy) is 1. The van der Waals surface area contributed by atoms with Crippen molar-refractivity contribution in [1.29, 1.82) is 0 Å². The van der Waals surface area contributed by atoms with Crippen molar-refractivity contribution in [2.75, 3.05) is 20.2 Å². The molecule has 20 heavy (non-hydrogen) atoms. The smallest absolute Gasteiger partial charge is 0.244 e. The average Bonchev–Trinajstić information content (AvgIpc) is 2.91. The molecule has 1 heterocycles. The maximum atomic E-state index is 12.3. The van der Waals surface area contributed by atoms with Crippen LogP contribution in [0.2, 0.25) is 0 Å². The molecule has 2 N–H and O–H groups in total. The SMILES string of the molecule is COc1ccc(Br)cc1S(=O)(=O)NCC[C@@H]1CCCN1. The van der Waals surface area contributed by atoms with E-state index >= 15 is 0 Å². The molecular formula is C13H19BrN2O3S. The molecule has 1 aliphatic rings. The summed E-state index contributed by atoms with van der Waals surface area (Å²) in [5.41, 5.74) is 0. The summed E-state index contributed by atoms with van der Waals surface area (Å²) >= 11 is 3.28. The number of sulfonamides is 1. The molecule has 1 aliphatic heterocycles. The van der Waals surface area contributed by atoms with Crippen LogP contribution in [0.1, 0.15) is 19.3 Å². The van der Waals surface area contributed by atoms with Crippen LogP contribution >= 0.6 is 15.9 Å². The summed E-state index contributed by atoms with van der Waals surface area (Å²) in [4.78, 5) is 0.161. The molecule has 0 saturated carbocycles. The fourth-order valence-electron chi connectivity index (χ4n) is 2.31. The molecule has 0 spiro atoms. The van der Waals surface area contributed by atoms with Crippen LogP contribution < -0.4 is 14.8 Å². The first-order valence-electron chi connectivity index (χ1n) is 6.59. The Labute approximate surface area is 128 Å². The summed E-state index contributed by atoms with van der Waals surface area (Å²) in [6.45, 7) is 1.45. The topological polar surface area (TPSA) is 67.4 Å². The molecule has 0 amide bonds. The highest BCUT2D eigenvalue weighted by atomic mass is 79.9. The third kappa shape index (κ3) is 3.94. The number of hydrogen-bond donors (Lipinski definition) is 2. The van der Waals surface area contributed by atoms with Crippen molar-refractivity contribution in [3.8, 4) is 5.75 Å². The van der Waals surface area contributed by atoms with Crippen molar-refractivity contribution < 1.29 is 13.2 Å². The Bertz CT molecular complexity index is 557. The standard InChI is InChI=1S/C13H19BrN2O3S/c1-19-12-5-4-10(14)9-13(12)20(17,18)16-8-6-11-3-2-7-15-11/h4-5,9,11,15-16H,2-3,6-8H2,1H3/t11-/m0/s1. The Kier molecular flexibility index (Phi) is 5.42. The van der Waals surface area contributed by atoms with E-state index in [9.17, 15) is 8.42 Å². The minimum Gasteiger partial charge on any atom is -0.495 e. The zero-order chi connectivity index (χ0) is 14.6. The molecule has 0 unspecified atom stereocenters. The van der Waals surface area contributed by atoms with Crippen molar-refractivity contribution in [3.05, 3.63) is 22.7 Å². The third-order valence-corrected chi connectivity index (χ3v) is 5.34. The highest BCUT2D eigenvalue weighted by Gasteiger charge is 2.21. The van der Waals surface area contributed by atoms with Gasteiger partial charge in [0.2, 0.25) is 10.0 Å². The molecule has 7 heteroatoms. The van der Waals surface area contributed by atoms with E-state index in [1.165, 1.54) is 7.11 Å². The summed E-state index contributed by atoms with van der Waals surface area (Å²) in [6.07, 6.45) is 3.08. The van der Waals surface area contributed by atoms with Crippen LogP contribution in [-0.4, -0.2) is 34.7 Å². The second-order valence-electron chi connectivity index (χ2n) is 4.77. The molecule has 1 fully saturated rings. The van der Waals surface area contributed by atoms with Crippen molar-refractivity contribution >= 4 is 26.0 Å². The summed E-state index contributed by atoms with van der Waals surface area (Å²) < 4.78 is 33.1. The predicted octanol–water partition coefficient (Wildman–Crippen LogP) is 1.88. The first-order valence-corrected chi connectivity index (χ1v) is 8.87. The Morgan fingerprint density at radius 3 is 2.95 bits per heavy atom. The van der Waals surface area contributed by atoms with Gasteiger partial charge in [-0.25, -0.2) is 13.1 Å². The lowest BCUT2D eigenvalue weighted by Gasteiger charge is -2.13. The quantitative estimate of drug-likeness (QED) is 0.810. The fraction of sp³-hybridized carbons (Fsp3) is 0.538. The number of methoxy groups -OCH3 is 1. The van der Waals surface area contributed by atoms with E-state index in [0.29, 0.717) is 22.8 Å². The minimum atomic E-state index is -3.55. The van der Waals surface area contributed by atoms with Crippen LogP contribution in [0, 0.1) is 0 Å². The van der Waals surface area contributed by atoms with Crippen molar-refractivity contribution in [3.63, 3.8) is 0 Å². The van der Waals surface area contributed by atoms with Gasteiger partial charge in [-0.2, -0.15) is 0 Å². The summed E-state index contributed by atoms with van der Waals surface area (Å²) in [7, 11) is -2.09. The van der Waals surface area contributed by atoms with Crippen LogP contribution in [-0.2, 0) is 10.0 Å². The number of benzene rings is 1. The van der Waals surface area contributed by atoms with E-state index in [-0.39, 0.29) is 4.90 Å². The first-order chi connectivity index (χ1) is 9.53. The van der Waals surface area contributed by atoms with E-state index in [0.717, 1.165) is 25.8 Å². The van der Waals surface area contributed by atoms with E-state index in [2.05, 4.69) is 26.0 Å². The zero-order valence-electron chi connectivity index (χ0n) is 11.4. The molecule has 5 nitrogen and oxygen atoms in total. The Morgan fingerprint density at radius 1 is 1.50 bits per heavy atom. The van der Waals surface area contributed by atoms with Gasteiger partial charge >= 0.3 is 0 Å². The zero-order valence-corrected chi connectivity index (χ0v) is 13.8. The highest BCUT2D eigenvalue weighted by molar-refractivity contribution is 9.10. The van der Waals surface area contributed by atoms with Gasteiger partial charge in [0, 0.05) is 17.1 Å². The maximum absolute atomic E-state index is 12.3. The van der Waals surface area contributed by atoms with Crippen LogP contribution in [0.4, 0.5) is 0 Å². The van der Waals surface area contributed by atoms with Gasteiger partial charge in [0.15, 0.2) is 0 Å². The minimum absolute atomic E-state index is 0.161. The molecule has 112 valence electrons. The molecule has 1 atom stereocenters. The normalized spacial score (nSPS) is 19.2. The van der Waals surface area contributed by atoms with Crippen molar-refractivity contribution in [2.24, 2.45) is 0 Å². The van der Waals surface area contributed by atoms with Gasteiger partial charge in [0.25, 0.3) is 0 Å². The van der Waals surface area contributed by atoms with Crippen molar-refractivity contribution in [1.82, 2.24) is 10.0 Å². The van der Waals surface area contributed by atoms with Gasteiger partial charge in [0.05, 0.1) is 7.11 Å². The molecular weight excluding hydrogens is 344 g/mol. The molecule has 0 aliphatic carbocycles. The third-order valence-electron chi connectivity index (χ3n) is 3.36. The van der Waals surface area contributed by atoms with E-state index in [1.54, 1.807) is 18.2 Å². The molecule has 2 rings (SSSR count). The Morgan fingerprint density at radius 2 is 2.30 bits per heavy atom. The van der Waals surface area contributed by atoms with Gasteiger partial charge in [-0.1, -0.05) is 15.9 Å². The lowest BCUT2D eigenvalue weighted by molar-refractivity contribution is 0.402. The van der Waals surface area contributed by atoms with Crippen molar-refractivity contribution in [2.45, 2.75) is 30.2 Å². The van der Waals surface area contributed by atoms with E-state index in [4.69, 9.17) is 4.74 Å². The fourth-order valence-corrected chi connectivity index (χ4v) is 4.06. The van der Waals surface area contributed by atoms with Gasteiger partial charge < -0.3 is 10.1 Å². The van der Waals surface area contributed by atoms with Gasteiger partial charge in [-0.3, -0.25) is 0 Å². The number of nitrogens with one attached hydrogen (secondary N) is 2. The van der Waals surface area contributed by atoms with Crippen LogP contribution in [0.15, 0.2) is 27.6 Å². The number of hydrogen-bond acceptors (Lipinski definition) is 4. The van der Waals surface area contributed by atoms with Gasteiger partial charge in [-0.15, -0.1) is 0 Å². The van der Waals surface area contributed by atoms with Gasteiger partial charge in [0.1, 0.15) is 10.6 Å². The number of halogens is 1. The van der Waals surface area contributed by atoms with E-state index in [1.807, 2.05) is 0 Å². The molecule has 1 aromatic carbocycles. The monoisotopic (exact) mass is 362 g/mol. The van der Waals surface area contributed by atoms with Crippen LogP contribution in [0.3, 0.4) is 0 Å². The lowest BCUT2D eigenvalue weighted by atomic mass is 10.2. The molecule has 0 aromatic heterocycles. The van der Waals surface area contributed by atoms with Crippen LogP contribution in [0.25, 0.3) is 0 Å². The Hall–Kier alpha value is -0.630. The average molecular weight is 363 g/mol. The highest BCUT2D eigenvalue weighted by Crippen LogP contribution is 2.27. The number of rotatable bonds is 6. The maximum Gasteiger partial charge on any atom is 0.244 e. The molecule has 0 radical (unpaired) electrons. The molecule has 1 aromatic rings. The largest absolute Gasteiger partial charge is 0.495 e. The first kappa shape index (κ1) is 15.8.